The second kappa shape index (κ2) is 192. The number of hydrogen-bond donors (Lipinski definition) is 1. The molecule has 0 amide bonds. The number of benzene rings is 1. The molecule has 0 saturated carbocycles. The summed E-state index contributed by atoms with van der Waals surface area (Å²) in [5, 5.41) is 7.00. The minimum absolute atomic E-state index is 1.00. The molecule has 0 saturated heterocycles. The Kier molecular flexibility index (Phi) is 396. The fourth-order valence-corrected chi connectivity index (χ4v) is 1.72. The van der Waals surface area contributed by atoms with Crippen LogP contribution < -0.4 is 4.90 Å². The van der Waals surface area contributed by atoms with E-state index in [1.165, 1.54) is 30.6 Å². The van der Waals surface area contributed by atoms with Crippen LogP contribution in [0.25, 0.3) is 0 Å². The molecule has 20 heteroatoms. The number of halogens is 18. The van der Waals surface area contributed by atoms with Crippen molar-refractivity contribution >= 4 is 5.69 Å². The Morgan fingerprint density at radius 1 is 0.514 bits per heavy atom. The van der Waals surface area contributed by atoms with Gasteiger partial charge in [-0.15, -0.1) is 0 Å². The molecule has 2 nitrogen and oxygen atoms in total. The van der Waals surface area contributed by atoms with Crippen LogP contribution in [0.5, 0.6) is 0 Å². The van der Waals surface area contributed by atoms with Crippen molar-refractivity contribution in [1.82, 2.24) is 0 Å². The fourth-order valence-electron chi connectivity index (χ4n) is 1.72. The van der Waals surface area contributed by atoms with Crippen molar-refractivity contribution in [2.75, 3.05) is 25.6 Å². The van der Waals surface area contributed by atoms with Crippen molar-refractivity contribution in [3.8, 4) is 0 Å². The Labute approximate surface area is 204 Å². The third kappa shape index (κ3) is 96.8. The van der Waals surface area contributed by atoms with Gasteiger partial charge in [-0.1, -0.05) is 59.7 Å². The van der Waals surface area contributed by atoms with Crippen LogP contribution in [0.2, 0.25) is 0 Å². The van der Waals surface area contributed by atoms with Crippen LogP contribution in [0.4, 0.5) is 88.0 Å². The maximum atomic E-state index is 8.00. The molecule has 0 spiro atoms. The number of fused-ring (bicyclic) bond motifs is 1. The minimum atomic E-state index is 1.00. The van der Waals surface area contributed by atoms with Crippen LogP contribution in [-0.4, -0.2) is 25.8 Å². The average molecular weight is 611 g/mol. The first-order chi connectivity index (χ1) is 18.4. The summed E-state index contributed by atoms with van der Waals surface area (Å²) >= 11 is 0. The summed E-state index contributed by atoms with van der Waals surface area (Å²) in [5.41, 5.74) is 2.92. The largest absolute Gasteiger partial charge is 0.400 e. The van der Waals surface area contributed by atoms with Crippen LogP contribution in [0.3, 0.4) is 0 Å². The maximum absolute atomic E-state index is 8.00. The number of aryl methyl sites for hydroxylation is 1. The average Bonchev–Trinajstić information content (AvgIpc) is 3.10. The molecule has 0 atom stereocenters. The summed E-state index contributed by atoms with van der Waals surface area (Å²) < 4.78 is 144. The highest BCUT2D eigenvalue weighted by molar-refractivity contribution is 5.54. The van der Waals surface area contributed by atoms with Gasteiger partial charge in [0.15, 0.2) is 0 Å². The van der Waals surface area contributed by atoms with E-state index in [0.29, 0.717) is 0 Å². The number of anilines is 1. The normalized spacial score (nSPS) is 6.95. The molecule has 0 fully saturated rings. The fraction of sp³-hybridized carbons (Fsp3) is 0.647. The van der Waals surface area contributed by atoms with E-state index in [1.54, 1.807) is 0 Å². The molecule has 1 aromatic rings. The Morgan fingerprint density at radius 2 is 0.757 bits per heavy atom. The molecule has 0 aliphatic carbocycles. The van der Waals surface area contributed by atoms with Gasteiger partial charge in [0.2, 0.25) is 0 Å². The second-order valence-electron chi connectivity index (χ2n) is 3.15. The zero-order valence-corrected chi connectivity index (χ0v) is 21.1. The lowest BCUT2D eigenvalue weighted by molar-refractivity contribution is 0.108. The molecule has 240 valence electrons. The van der Waals surface area contributed by atoms with Crippen molar-refractivity contribution in [1.29, 1.82) is 0 Å². The van der Waals surface area contributed by atoms with Gasteiger partial charge in [-0.3, -0.25) is 0 Å². The number of aliphatic hydroxyl groups excluding tert-OH is 1. The first kappa shape index (κ1) is 76.5. The van der Waals surface area contributed by atoms with Crippen molar-refractivity contribution in [3.05, 3.63) is 29.8 Å². The van der Waals surface area contributed by atoms with Crippen LogP contribution >= 0.6 is 0 Å². The van der Waals surface area contributed by atoms with Gasteiger partial charge >= 0.3 is 0 Å². The summed E-state index contributed by atoms with van der Waals surface area (Å²) in [6.07, 6.45) is 2.55. The highest BCUT2D eigenvalue weighted by atomic mass is 20.0. The highest BCUT2D eigenvalue weighted by Crippen LogP contribution is 2.24. The molecule has 1 aliphatic rings. The van der Waals surface area contributed by atoms with E-state index in [9.17, 15) is 0 Å². The van der Waals surface area contributed by atoms with Gasteiger partial charge in [0.1, 0.15) is 0 Å². The summed E-state index contributed by atoms with van der Waals surface area (Å²) in [7, 11) is 3.16. The molecule has 0 bridgehead atoms. The predicted molar refractivity (Wildman–Crippen MR) is 110 cm³/mol. The summed E-state index contributed by atoms with van der Waals surface area (Å²) in [6.45, 7) is 13.2. The van der Waals surface area contributed by atoms with Crippen LogP contribution in [-0.2, 0) is 6.42 Å². The molecule has 0 aromatic heterocycles. The lowest BCUT2D eigenvalue weighted by Crippen LogP contribution is -2.24. The van der Waals surface area contributed by atoms with Crippen LogP contribution in [0.1, 0.15) is 53.5 Å². The van der Waals surface area contributed by atoms with Gasteiger partial charge in [-0.2, -0.15) is 0 Å². The van der Waals surface area contributed by atoms with E-state index < -0.39 is 0 Å². The first-order valence-electron chi connectivity index (χ1n) is 8.90. The smallest absolute Gasteiger partial charge is 0.0396 e. The van der Waals surface area contributed by atoms with E-state index in [2.05, 4.69) is 36.2 Å². The number of para-hydroxylation sites is 1. The van der Waals surface area contributed by atoms with Crippen LogP contribution in [0.15, 0.2) is 24.3 Å². The van der Waals surface area contributed by atoms with E-state index in [4.69, 9.17) is 87.4 Å². The van der Waals surface area contributed by atoms with Gasteiger partial charge < -0.3 is 10.0 Å². The third-order valence-corrected chi connectivity index (χ3v) is 2.34. The lowest BCUT2D eigenvalue weighted by atomic mass is 10.0. The number of aliphatic hydroxyl groups is 1. The first-order valence-corrected chi connectivity index (χ1v) is 8.90. The Balaban J connectivity index is -0.0000000208. The zero-order chi connectivity index (χ0) is 33.7. The van der Waals surface area contributed by atoms with Gasteiger partial charge in [-0.05, 0) is 24.5 Å². The molecule has 1 aliphatic heterocycles. The molecule has 2 rings (SSSR count). The standard InChI is InChI=1S/C10H13N.3C2H6.CH4O.9F2/c1-11-8-4-6-9-5-2-3-7-10(9)11;13*1-2/h2-3,5,7H,4,6,8H2,1H3;3*1-2H3;2H,1H3;;;;;;;;;. The highest BCUT2D eigenvalue weighted by Gasteiger charge is 2.11. The molecule has 0 unspecified atom stereocenters. The van der Waals surface area contributed by atoms with Gasteiger partial charge in [0.05, 0.1) is 0 Å². The van der Waals surface area contributed by atoms with Crippen molar-refractivity contribution < 1.29 is 87.4 Å². The monoisotopic (exact) mass is 611 g/mol. The van der Waals surface area contributed by atoms with E-state index in [1.807, 2.05) is 41.5 Å². The van der Waals surface area contributed by atoms with Crippen LogP contribution in [0, 0.1) is 0 Å². The van der Waals surface area contributed by atoms with E-state index >= 15 is 0 Å². The van der Waals surface area contributed by atoms with Crippen molar-refractivity contribution in [2.24, 2.45) is 0 Å². The molecule has 1 N–H and O–H groups in total. The number of hydrogen-bond acceptors (Lipinski definition) is 2. The maximum Gasteiger partial charge on any atom is 0.0396 e. The predicted octanol–water partition coefficient (Wildman–Crippen LogP) is 12.3. The minimum Gasteiger partial charge on any atom is -0.400 e. The van der Waals surface area contributed by atoms with Gasteiger partial charge in [0, 0.05) is 109 Å². The summed E-state index contributed by atoms with van der Waals surface area (Å²) in [4.78, 5) is 2.33. The molecule has 37 heavy (non-hydrogen) atoms. The molecule has 1 heterocycles. The molecular formula is C17H35F18NO. The zero-order valence-electron chi connectivity index (χ0n) is 21.1. The second-order valence-corrected chi connectivity index (χ2v) is 3.15. The lowest BCUT2D eigenvalue weighted by Gasteiger charge is -2.26. The molecule has 0 radical (unpaired) electrons. The van der Waals surface area contributed by atoms with Crippen molar-refractivity contribution in [2.45, 2.75) is 54.4 Å². The topological polar surface area (TPSA) is 23.5 Å². The number of rotatable bonds is 0. The Bertz CT molecular complexity index is 298. The van der Waals surface area contributed by atoms with E-state index in [0.717, 1.165) is 7.11 Å². The summed E-state index contributed by atoms with van der Waals surface area (Å²) in [6, 6.07) is 8.66. The van der Waals surface area contributed by atoms with Crippen molar-refractivity contribution in [3.63, 3.8) is 0 Å². The van der Waals surface area contributed by atoms with Gasteiger partial charge in [-0.25, -0.2) is 0 Å². The third-order valence-electron chi connectivity index (χ3n) is 2.34. The Morgan fingerprint density at radius 3 is 1.00 bits per heavy atom. The van der Waals surface area contributed by atoms with Gasteiger partial charge in [0.25, 0.3) is 0 Å². The summed E-state index contributed by atoms with van der Waals surface area (Å²) in [5.74, 6) is 0. The SMILES string of the molecule is CC.CC.CC.CN1CCCc2ccccc21.CO.FF.FF.FF.FF.FF.FF.FF.FF.FF. The Hall–Kier alpha value is -2.28. The molecule has 1 aromatic carbocycles. The molecular weight excluding hydrogens is 576 g/mol. The number of nitrogens with zero attached hydrogens (tertiary/aromatic N) is 1. The van der Waals surface area contributed by atoms with E-state index in [-0.39, 0.29) is 0 Å². The quantitative estimate of drug-likeness (QED) is 0.295.